The number of benzene rings is 1. The molecule has 0 saturated carbocycles. The first-order valence-corrected chi connectivity index (χ1v) is 5.81. The second-order valence-electron chi connectivity index (χ2n) is 4.56. The second kappa shape index (κ2) is 4.34. The molecule has 2 rings (SSSR count). The number of para-hydroxylation sites is 1. The third kappa shape index (κ3) is 1.98. The Morgan fingerprint density at radius 3 is 2.71 bits per heavy atom. The molecule has 1 unspecified atom stereocenters. The summed E-state index contributed by atoms with van der Waals surface area (Å²) in [6.45, 7) is 3.62. The van der Waals surface area contributed by atoms with Crippen molar-refractivity contribution in [3.05, 3.63) is 35.5 Å². The summed E-state index contributed by atoms with van der Waals surface area (Å²) >= 11 is 0. The lowest BCUT2D eigenvalue weighted by atomic mass is 10.0. The molecule has 0 aliphatic heterocycles. The molecule has 0 fully saturated rings. The number of nitrogens with two attached hydrogens (primary N) is 1. The van der Waals surface area contributed by atoms with Crippen molar-refractivity contribution in [3.63, 3.8) is 0 Å². The van der Waals surface area contributed by atoms with Gasteiger partial charge in [0.15, 0.2) is 0 Å². The summed E-state index contributed by atoms with van der Waals surface area (Å²) in [4.78, 5) is 11.3. The standard InChI is InChI=1S/C14H18N2O/c1-9-12(8-13(15)10(2)17)11-6-4-5-7-14(11)16(9)3/h4-7,13H,8,15H2,1-3H3. The summed E-state index contributed by atoms with van der Waals surface area (Å²) in [7, 11) is 2.04. The molecule has 1 atom stereocenters. The molecule has 0 aliphatic carbocycles. The largest absolute Gasteiger partial charge is 0.348 e. The van der Waals surface area contributed by atoms with Gasteiger partial charge in [-0.15, -0.1) is 0 Å². The van der Waals surface area contributed by atoms with Crippen LogP contribution in [-0.4, -0.2) is 16.4 Å². The lowest BCUT2D eigenvalue weighted by molar-refractivity contribution is -0.118. The van der Waals surface area contributed by atoms with Gasteiger partial charge in [0.05, 0.1) is 6.04 Å². The third-order valence-corrected chi connectivity index (χ3v) is 3.48. The molecule has 1 aromatic carbocycles. The van der Waals surface area contributed by atoms with Gasteiger partial charge in [0, 0.05) is 23.6 Å². The van der Waals surface area contributed by atoms with Gasteiger partial charge in [0.1, 0.15) is 5.78 Å². The SMILES string of the molecule is CC(=O)C(N)Cc1c(C)n(C)c2ccccc12. The van der Waals surface area contributed by atoms with Crippen LogP contribution in [0.2, 0.25) is 0 Å². The lowest BCUT2D eigenvalue weighted by Gasteiger charge is -2.08. The summed E-state index contributed by atoms with van der Waals surface area (Å²) in [5.74, 6) is 0.0392. The highest BCUT2D eigenvalue weighted by Gasteiger charge is 2.16. The molecular weight excluding hydrogens is 212 g/mol. The highest BCUT2D eigenvalue weighted by Crippen LogP contribution is 2.25. The number of fused-ring (bicyclic) bond motifs is 1. The number of carbonyl (C=O) groups excluding carboxylic acids is 1. The van der Waals surface area contributed by atoms with Crippen molar-refractivity contribution in [2.75, 3.05) is 0 Å². The molecule has 0 bridgehead atoms. The van der Waals surface area contributed by atoms with E-state index < -0.39 is 6.04 Å². The van der Waals surface area contributed by atoms with Gasteiger partial charge >= 0.3 is 0 Å². The van der Waals surface area contributed by atoms with Gasteiger partial charge in [-0.3, -0.25) is 4.79 Å². The average Bonchev–Trinajstić information content (AvgIpc) is 2.55. The van der Waals surface area contributed by atoms with Crippen molar-refractivity contribution >= 4 is 16.7 Å². The highest BCUT2D eigenvalue weighted by atomic mass is 16.1. The van der Waals surface area contributed by atoms with Crippen LogP contribution in [-0.2, 0) is 18.3 Å². The number of Topliss-reactive ketones (excluding diaryl/α,β-unsaturated/α-hetero) is 1. The first kappa shape index (κ1) is 11.9. The van der Waals surface area contributed by atoms with E-state index in [2.05, 4.69) is 23.6 Å². The minimum Gasteiger partial charge on any atom is -0.348 e. The monoisotopic (exact) mass is 230 g/mol. The van der Waals surface area contributed by atoms with E-state index in [1.165, 1.54) is 22.2 Å². The molecule has 3 heteroatoms. The minimum absolute atomic E-state index is 0.0392. The van der Waals surface area contributed by atoms with Crippen LogP contribution in [0.3, 0.4) is 0 Å². The number of hydrogen-bond acceptors (Lipinski definition) is 2. The van der Waals surface area contributed by atoms with E-state index in [0.29, 0.717) is 6.42 Å². The first-order valence-electron chi connectivity index (χ1n) is 5.81. The highest BCUT2D eigenvalue weighted by molar-refractivity contribution is 5.87. The van der Waals surface area contributed by atoms with Gasteiger partial charge < -0.3 is 10.3 Å². The molecule has 17 heavy (non-hydrogen) atoms. The van der Waals surface area contributed by atoms with Crippen LogP contribution in [0.4, 0.5) is 0 Å². The molecule has 2 aromatic rings. The van der Waals surface area contributed by atoms with E-state index in [0.717, 1.165) is 0 Å². The maximum Gasteiger partial charge on any atom is 0.146 e. The van der Waals surface area contributed by atoms with Crippen molar-refractivity contribution in [2.45, 2.75) is 26.3 Å². The van der Waals surface area contributed by atoms with Gasteiger partial charge in [0.25, 0.3) is 0 Å². The molecule has 0 spiro atoms. The van der Waals surface area contributed by atoms with Gasteiger partial charge in [-0.1, -0.05) is 18.2 Å². The van der Waals surface area contributed by atoms with E-state index in [4.69, 9.17) is 5.73 Å². The van der Waals surface area contributed by atoms with Crippen molar-refractivity contribution in [1.82, 2.24) is 4.57 Å². The number of carbonyl (C=O) groups is 1. The topological polar surface area (TPSA) is 48.0 Å². The first-order chi connectivity index (χ1) is 8.02. The summed E-state index contributed by atoms with van der Waals surface area (Å²) in [6.07, 6.45) is 0.614. The summed E-state index contributed by atoms with van der Waals surface area (Å²) < 4.78 is 2.15. The van der Waals surface area contributed by atoms with E-state index in [9.17, 15) is 4.79 Å². The van der Waals surface area contributed by atoms with Crippen LogP contribution in [0, 0.1) is 6.92 Å². The lowest BCUT2D eigenvalue weighted by Crippen LogP contribution is -2.30. The molecular formula is C14H18N2O. The van der Waals surface area contributed by atoms with Crippen molar-refractivity contribution in [2.24, 2.45) is 12.8 Å². The average molecular weight is 230 g/mol. The maximum atomic E-state index is 11.3. The zero-order chi connectivity index (χ0) is 12.6. The van der Waals surface area contributed by atoms with Gasteiger partial charge in [-0.25, -0.2) is 0 Å². The molecule has 0 aliphatic rings. The zero-order valence-corrected chi connectivity index (χ0v) is 10.5. The molecule has 90 valence electrons. The minimum atomic E-state index is -0.403. The van der Waals surface area contributed by atoms with Crippen molar-refractivity contribution < 1.29 is 4.79 Å². The summed E-state index contributed by atoms with van der Waals surface area (Å²) in [6, 6.07) is 7.82. The number of rotatable bonds is 3. The quantitative estimate of drug-likeness (QED) is 0.876. The molecule has 3 nitrogen and oxygen atoms in total. The Bertz CT molecular complexity index is 569. The summed E-state index contributed by atoms with van der Waals surface area (Å²) in [5, 5.41) is 1.20. The number of aryl methyl sites for hydroxylation is 1. The fourth-order valence-electron chi connectivity index (χ4n) is 2.22. The van der Waals surface area contributed by atoms with Gasteiger partial charge in [-0.2, -0.15) is 0 Å². The van der Waals surface area contributed by atoms with Crippen LogP contribution in [0.25, 0.3) is 10.9 Å². The van der Waals surface area contributed by atoms with Crippen LogP contribution < -0.4 is 5.73 Å². The Morgan fingerprint density at radius 2 is 2.06 bits per heavy atom. The fourth-order valence-corrected chi connectivity index (χ4v) is 2.22. The number of nitrogens with zero attached hydrogens (tertiary/aromatic N) is 1. The molecule has 0 saturated heterocycles. The molecule has 1 heterocycles. The Hall–Kier alpha value is -1.61. The van der Waals surface area contributed by atoms with Crippen LogP contribution >= 0.6 is 0 Å². The van der Waals surface area contributed by atoms with Crippen LogP contribution in [0.15, 0.2) is 24.3 Å². The smallest absolute Gasteiger partial charge is 0.146 e. The Kier molecular flexibility index (Phi) is 3.03. The van der Waals surface area contributed by atoms with Gasteiger partial charge in [0.2, 0.25) is 0 Å². The van der Waals surface area contributed by atoms with Gasteiger partial charge in [-0.05, 0) is 31.9 Å². The zero-order valence-electron chi connectivity index (χ0n) is 10.5. The molecule has 0 amide bonds. The number of hydrogen-bond donors (Lipinski definition) is 1. The molecule has 2 N–H and O–H groups in total. The molecule has 1 aromatic heterocycles. The van der Waals surface area contributed by atoms with E-state index in [-0.39, 0.29) is 5.78 Å². The fraction of sp³-hybridized carbons (Fsp3) is 0.357. The van der Waals surface area contributed by atoms with Crippen molar-refractivity contribution in [3.8, 4) is 0 Å². The molecule has 0 radical (unpaired) electrons. The second-order valence-corrected chi connectivity index (χ2v) is 4.56. The van der Waals surface area contributed by atoms with E-state index >= 15 is 0 Å². The predicted molar refractivity (Wildman–Crippen MR) is 70.0 cm³/mol. The van der Waals surface area contributed by atoms with E-state index in [1.54, 1.807) is 6.92 Å². The normalized spacial score (nSPS) is 12.9. The third-order valence-electron chi connectivity index (χ3n) is 3.48. The van der Waals surface area contributed by atoms with Crippen molar-refractivity contribution in [1.29, 1.82) is 0 Å². The Balaban J connectivity index is 2.53. The maximum absolute atomic E-state index is 11.3. The number of aromatic nitrogens is 1. The Labute approximate surface area is 101 Å². The Morgan fingerprint density at radius 1 is 1.41 bits per heavy atom. The van der Waals surface area contributed by atoms with Crippen LogP contribution in [0.5, 0.6) is 0 Å². The predicted octanol–water partition coefficient (Wildman–Crippen LogP) is 1.95. The van der Waals surface area contributed by atoms with E-state index in [1.807, 2.05) is 19.2 Å². The van der Waals surface area contributed by atoms with Crippen LogP contribution in [0.1, 0.15) is 18.2 Å². The summed E-state index contributed by atoms with van der Waals surface area (Å²) in [5.41, 5.74) is 9.42. The number of ketones is 1.